The van der Waals surface area contributed by atoms with E-state index >= 15 is 0 Å². The van der Waals surface area contributed by atoms with Crippen LogP contribution < -0.4 is 10.2 Å². The second-order valence-electron chi connectivity index (χ2n) is 12.7. The normalized spacial score (nSPS) is 18.4. The van der Waals surface area contributed by atoms with E-state index in [1.54, 1.807) is 0 Å². The molecule has 0 radical (unpaired) electrons. The van der Waals surface area contributed by atoms with Gasteiger partial charge in [-0.3, -0.25) is 14.5 Å². The minimum Gasteiger partial charge on any atom is -0.361 e. The maximum Gasteiger partial charge on any atom is 0.249 e. The minimum absolute atomic E-state index is 0.0271. The zero-order valence-electron chi connectivity index (χ0n) is 25.6. The van der Waals surface area contributed by atoms with E-state index in [4.69, 9.17) is 11.6 Å². The first kappa shape index (κ1) is 30.4. The number of aromatic amines is 1. The maximum atomic E-state index is 14.6. The highest BCUT2D eigenvalue weighted by Gasteiger charge is 2.35. The van der Waals surface area contributed by atoms with Gasteiger partial charge in [-0.05, 0) is 93.3 Å². The van der Waals surface area contributed by atoms with Crippen molar-refractivity contribution in [1.29, 1.82) is 0 Å². The van der Waals surface area contributed by atoms with Crippen molar-refractivity contribution in [1.82, 2.24) is 20.1 Å². The molecule has 44 heavy (non-hydrogen) atoms. The molecule has 4 aromatic rings. The van der Waals surface area contributed by atoms with Crippen LogP contribution in [0.2, 0.25) is 5.02 Å². The number of benzene rings is 3. The van der Waals surface area contributed by atoms with Crippen molar-refractivity contribution >= 4 is 40.0 Å². The summed E-state index contributed by atoms with van der Waals surface area (Å²) in [6, 6.07) is 23.7. The number of rotatable bonds is 9. The Kier molecular flexibility index (Phi) is 9.36. The molecule has 8 heteroatoms. The first-order chi connectivity index (χ1) is 21.3. The molecule has 2 aliphatic rings. The predicted molar refractivity (Wildman–Crippen MR) is 178 cm³/mol. The number of H-pyrrole nitrogens is 1. The number of nitrogens with one attached hydrogen (secondary N) is 2. The fourth-order valence-corrected chi connectivity index (χ4v) is 7.15. The summed E-state index contributed by atoms with van der Waals surface area (Å²) >= 11 is 6.40. The molecule has 0 unspecified atom stereocenters. The average molecular weight is 612 g/mol. The number of halogens is 1. The molecule has 2 atom stereocenters. The summed E-state index contributed by atoms with van der Waals surface area (Å²) in [6.07, 6.45) is 4.81. The van der Waals surface area contributed by atoms with E-state index in [-0.39, 0.29) is 23.7 Å². The standard InChI is InChI=1S/C36H42ClN5O2/c1-40(2)22-26-18-28-19-30(37)12-13-34(28)42(24-26)36(44)33(20-29-21-38-32-11-7-6-10-31(29)32)39-35(43)27-14-16-41(17-15-27)23-25-8-4-3-5-9-25/h3-13,19,21,26-27,33,38H,14-18,20,22-24H2,1-2H3,(H,39,43)/t26-,33+/m0/s1. The van der Waals surface area contributed by atoms with E-state index in [0.717, 1.165) is 73.2 Å². The van der Waals surface area contributed by atoms with Gasteiger partial charge in [-0.1, -0.05) is 60.1 Å². The van der Waals surface area contributed by atoms with E-state index in [2.05, 4.69) is 64.5 Å². The number of likely N-dealkylation sites (tertiary alicyclic amines) is 1. The highest BCUT2D eigenvalue weighted by Crippen LogP contribution is 2.33. The fourth-order valence-electron chi connectivity index (χ4n) is 6.95. The lowest BCUT2D eigenvalue weighted by molar-refractivity contribution is -0.131. The number of fused-ring (bicyclic) bond motifs is 2. The largest absolute Gasteiger partial charge is 0.361 e. The molecule has 2 N–H and O–H groups in total. The Morgan fingerprint density at radius 1 is 1.02 bits per heavy atom. The van der Waals surface area contributed by atoms with Crippen molar-refractivity contribution in [3.63, 3.8) is 0 Å². The van der Waals surface area contributed by atoms with Crippen molar-refractivity contribution in [3.8, 4) is 0 Å². The highest BCUT2D eigenvalue weighted by molar-refractivity contribution is 6.30. The number of para-hydroxylation sites is 1. The third-order valence-electron chi connectivity index (χ3n) is 9.09. The van der Waals surface area contributed by atoms with Gasteiger partial charge in [-0.2, -0.15) is 0 Å². The lowest BCUT2D eigenvalue weighted by atomic mass is 9.90. The fraction of sp³-hybridized carbons (Fsp3) is 0.389. The van der Waals surface area contributed by atoms with Crippen LogP contribution in [-0.2, 0) is 29.0 Å². The molecule has 1 aromatic heterocycles. The monoisotopic (exact) mass is 611 g/mol. The number of carbonyl (C=O) groups excluding carboxylic acids is 2. The van der Waals surface area contributed by atoms with Gasteiger partial charge in [-0.25, -0.2) is 0 Å². The van der Waals surface area contributed by atoms with Gasteiger partial charge in [-0.15, -0.1) is 0 Å². The van der Waals surface area contributed by atoms with E-state index in [9.17, 15) is 9.59 Å². The van der Waals surface area contributed by atoms with Gasteiger partial charge < -0.3 is 20.1 Å². The summed E-state index contributed by atoms with van der Waals surface area (Å²) in [5.74, 6) is 0.0467. The molecule has 0 saturated carbocycles. The predicted octanol–water partition coefficient (Wildman–Crippen LogP) is 5.53. The van der Waals surface area contributed by atoms with Crippen LogP contribution in [0.1, 0.15) is 29.5 Å². The molecule has 1 fully saturated rings. The van der Waals surface area contributed by atoms with Gasteiger partial charge in [0.15, 0.2) is 0 Å². The van der Waals surface area contributed by atoms with E-state index in [1.807, 2.05) is 53.6 Å². The van der Waals surface area contributed by atoms with Crippen LogP contribution in [0.5, 0.6) is 0 Å². The van der Waals surface area contributed by atoms with Gasteiger partial charge in [0.25, 0.3) is 0 Å². The van der Waals surface area contributed by atoms with Crippen LogP contribution in [0.4, 0.5) is 5.69 Å². The number of amides is 2. The third-order valence-corrected chi connectivity index (χ3v) is 9.33. The van der Waals surface area contributed by atoms with Gasteiger partial charge in [0.05, 0.1) is 0 Å². The van der Waals surface area contributed by atoms with Crippen LogP contribution in [-0.4, -0.2) is 72.9 Å². The smallest absolute Gasteiger partial charge is 0.249 e. The molecule has 6 rings (SSSR count). The summed E-state index contributed by atoms with van der Waals surface area (Å²) in [4.78, 5) is 38.2. The van der Waals surface area contributed by atoms with Gasteiger partial charge in [0.2, 0.25) is 11.8 Å². The highest BCUT2D eigenvalue weighted by atomic mass is 35.5. The van der Waals surface area contributed by atoms with Crippen LogP contribution >= 0.6 is 11.6 Å². The van der Waals surface area contributed by atoms with Gasteiger partial charge in [0, 0.05) is 59.8 Å². The first-order valence-electron chi connectivity index (χ1n) is 15.7. The Morgan fingerprint density at radius 2 is 1.77 bits per heavy atom. The molecule has 3 heterocycles. The van der Waals surface area contributed by atoms with Gasteiger partial charge in [0.1, 0.15) is 6.04 Å². The summed E-state index contributed by atoms with van der Waals surface area (Å²) in [7, 11) is 4.12. The number of nitrogens with zero attached hydrogens (tertiary/aromatic N) is 3. The maximum absolute atomic E-state index is 14.6. The van der Waals surface area contributed by atoms with Crippen molar-refractivity contribution in [2.75, 3.05) is 45.2 Å². The molecule has 0 aliphatic carbocycles. The number of carbonyl (C=O) groups is 2. The summed E-state index contributed by atoms with van der Waals surface area (Å²) in [5, 5.41) is 4.99. The average Bonchev–Trinajstić information content (AvgIpc) is 3.43. The zero-order chi connectivity index (χ0) is 30.6. The summed E-state index contributed by atoms with van der Waals surface area (Å²) in [5.41, 5.74) is 5.30. The zero-order valence-corrected chi connectivity index (χ0v) is 26.4. The van der Waals surface area contributed by atoms with Crippen LogP contribution in [0.3, 0.4) is 0 Å². The number of hydrogen-bond acceptors (Lipinski definition) is 4. The molecule has 7 nitrogen and oxygen atoms in total. The molecule has 2 amide bonds. The number of anilines is 1. The van der Waals surface area contributed by atoms with Crippen LogP contribution in [0, 0.1) is 11.8 Å². The molecular formula is C36H42ClN5O2. The van der Waals surface area contributed by atoms with Crippen molar-refractivity contribution in [2.45, 2.75) is 38.3 Å². The SMILES string of the molecule is CN(C)C[C@@H]1Cc2cc(Cl)ccc2N(C(=O)[C@@H](Cc2c[nH]c3ccccc23)NC(=O)C2CCN(Cc3ccccc3)CC2)C1. The van der Waals surface area contributed by atoms with E-state index in [1.165, 1.54) is 5.56 Å². The lowest BCUT2D eigenvalue weighted by Gasteiger charge is -2.38. The Hall–Kier alpha value is -3.65. The van der Waals surface area contributed by atoms with Crippen molar-refractivity contribution in [2.24, 2.45) is 11.8 Å². The molecule has 2 aliphatic heterocycles. The van der Waals surface area contributed by atoms with E-state index in [0.29, 0.717) is 18.0 Å². The molecule has 230 valence electrons. The second kappa shape index (κ2) is 13.6. The minimum atomic E-state index is -0.689. The first-order valence-corrected chi connectivity index (χ1v) is 16.1. The topological polar surface area (TPSA) is 71.7 Å². The number of piperidine rings is 1. The van der Waals surface area contributed by atoms with Crippen molar-refractivity contribution < 1.29 is 9.59 Å². The lowest BCUT2D eigenvalue weighted by Crippen LogP contribution is -2.54. The molecule has 0 spiro atoms. The Morgan fingerprint density at radius 3 is 2.55 bits per heavy atom. The van der Waals surface area contributed by atoms with Crippen LogP contribution in [0.15, 0.2) is 79.0 Å². The quantitative estimate of drug-likeness (QED) is 0.261. The van der Waals surface area contributed by atoms with Crippen LogP contribution in [0.25, 0.3) is 10.9 Å². The summed E-state index contributed by atoms with van der Waals surface area (Å²) in [6.45, 7) is 4.07. The number of hydrogen-bond donors (Lipinski definition) is 2. The third kappa shape index (κ3) is 7.01. The Balaban J connectivity index is 1.22. The molecule has 0 bridgehead atoms. The second-order valence-corrected chi connectivity index (χ2v) is 13.2. The Labute approximate surface area is 265 Å². The molecule has 3 aromatic carbocycles. The Bertz CT molecular complexity index is 1590. The van der Waals surface area contributed by atoms with E-state index < -0.39 is 6.04 Å². The van der Waals surface area contributed by atoms with Gasteiger partial charge >= 0.3 is 0 Å². The van der Waals surface area contributed by atoms with Crippen molar-refractivity contribution in [3.05, 3.63) is 101 Å². The molecule has 1 saturated heterocycles. The molecular weight excluding hydrogens is 570 g/mol. The summed E-state index contributed by atoms with van der Waals surface area (Å²) < 4.78 is 0. The number of aromatic nitrogens is 1.